The molecule has 4 aromatic heterocycles. The first kappa shape index (κ1) is 28.0. The minimum atomic E-state index is 1.10. The monoisotopic (exact) mass is 650 g/mol. The molecule has 11 rings (SSSR count). The molecule has 0 unspecified atom stereocenters. The summed E-state index contributed by atoms with van der Waals surface area (Å²) in [4.78, 5) is 4.51. The van der Waals surface area contributed by atoms with Gasteiger partial charge in [0.25, 0.3) is 0 Å². The lowest BCUT2D eigenvalue weighted by Crippen LogP contribution is -1.98. The smallest absolute Gasteiger partial charge is 0.0724 e. The number of benzene rings is 7. The molecule has 0 atom stereocenters. The second-order valence-corrected chi connectivity index (χ2v) is 13.2. The van der Waals surface area contributed by atoms with Gasteiger partial charge < -0.3 is 13.7 Å². The Bertz CT molecular complexity index is 3090. The van der Waals surface area contributed by atoms with Crippen molar-refractivity contribution < 1.29 is 0 Å². The van der Waals surface area contributed by atoms with Gasteiger partial charge in [-0.2, -0.15) is 0 Å². The molecule has 238 valence electrons. The Labute approximate surface area is 293 Å². The van der Waals surface area contributed by atoms with E-state index in [-0.39, 0.29) is 0 Å². The van der Waals surface area contributed by atoms with Crippen molar-refractivity contribution in [3.05, 3.63) is 182 Å². The lowest BCUT2D eigenvalue weighted by Gasteiger charge is -2.15. The molecule has 0 saturated heterocycles. The number of hydrogen-bond acceptors (Lipinski definition) is 1. The van der Waals surface area contributed by atoms with Crippen LogP contribution in [-0.4, -0.2) is 18.7 Å². The molecule has 11 aromatic rings. The van der Waals surface area contributed by atoms with Crippen LogP contribution < -0.4 is 0 Å². The van der Waals surface area contributed by atoms with E-state index in [0.717, 1.165) is 22.6 Å². The maximum atomic E-state index is 4.51. The van der Waals surface area contributed by atoms with E-state index in [2.05, 4.69) is 189 Å². The lowest BCUT2D eigenvalue weighted by atomic mass is 10.0. The van der Waals surface area contributed by atoms with Gasteiger partial charge in [-0.3, -0.25) is 4.98 Å². The number of para-hydroxylation sites is 5. The van der Waals surface area contributed by atoms with Gasteiger partial charge in [0, 0.05) is 55.5 Å². The summed E-state index contributed by atoms with van der Waals surface area (Å²) in [5.41, 5.74) is 12.9. The van der Waals surface area contributed by atoms with Gasteiger partial charge in [0.05, 0.1) is 45.0 Å². The number of rotatable bonds is 4. The molecule has 4 heterocycles. The van der Waals surface area contributed by atoms with Crippen molar-refractivity contribution in [3.63, 3.8) is 0 Å². The molecular formula is C47H30N4. The number of nitrogens with zero attached hydrogens (tertiary/aromatic N) is 4. The van der Waals surface area contributed by atoms with Crippen LogP contribution in [0.5, 0.6) is 0 Å². The van der Waals surface area contributed by atoms with Crippen molar-refractivity contribution in [1.82, 2.24) is 18.7 Å². The Hall–Kier alpha value is -6.91. The zero-order valence-electron chi connectivity index (χ0n) is 27.6. The summed E-state index contributed by atoms with van der Waals surface area (Å²) in [5, 5.41) is 7.40. The quantitative estimate of drug-likeness (QED) is 0.186. The normalized spacial score (nSPS) is 11.9. The van der Waals surface area contributed by atoms with E-state index in [4.69, 9.17) is 0 Å². The van der Waals surface area contributed by atoms with E-state index in [9.17, 15) is 0 Å². The van der Waals surface area contributed by atoms with Crippen molar-refractivity contribution in [2.45, 2.75) is 0 Å². The number of hydrogen-bond donors (Lipinski definition) is 0. The topological polar surface area (TPSA) is 27.7 Å². The van der Waals surface area contributed by atoms with Gasteiger partial charge in [-0.1, -0.05) is 97.1 Å². The molecular weight excluding hydrogens is 621 g/mol. The highest BCUT2D eigenvalue weighted by Gasteiger charge is 2.19. The van der Waals surface area contributed by atoms with Gasteiger partial charge in [0.2, 0.25) is 0 Å². The average molecular weight is 651 g/mol. The minimum Gasteiger partial charge on any atom is -0.309 e. The number of pyridine rings is 1. The Balaban J connectivity index is 1.14. The van der Waals surface area contributed by atoms with Crippen molar-refractivity contribution in [3.8, 4) is 28.2 Å². The SMILES string of the molecule is c1ccc(-n2c3ccc(-c4ccccc4-n4c5ccccc5c5cc(-n6c7ccccc7c7ccccc76)ccc54)cc3c3ccncc32)cc1. The average Bonchev–Trinajstić information content (AvgIpc) is 3.83. The molecule has 4 nitrogen and oxygen atoms in total. The fourth-order valence-electron chi connectivity index (χ4n) is 8.36. The van der Waals surface area contributed by atoms with Crippen LogP contribution in [0.1, 0.15) is 0 Å². The van der Waals surface area contributed by atoms with E-state index in [1.807, 2.05) is 12.4 Å². The molecule has 7 aromatic carbocycles. The molecule has 0 saturated carbocycles. The van der Waals surface area contributed by atoms with E-state index < -0.39 is 0 Å². The summed E-state index contributed by atoms with van der Waals surface area (Å²) in [6.45, 7) is 0. The molecule has 0 aliphatic heterocycles. The zero-order chi connectivity index (χ0) is 33.5. The minimum absolute atomic E-state index is 1.10. The Morgan fingerprint density at radius 3 is 1.63 bits per heavy atom. The molecule has 51 heavy (non-hydrogen) atoms. The molecule has 0 radical (unpaired) electrons. The van der Waals surface area contributed by atoms with Gasteiger partial charge in [-0.15, -0.1) is 0 Å². The summed E-state index contributed by atoms with van der Waals surface area (Å²) >= 11 is 0. The molecule has 0 amide bonds. The molecule has 0 N–H and O–H groups in total. The summed E-state index contributed by atoms with van der Waals surface area (Å²) in [6.07, 6.45) is 3.87. The third kappa shape index (κ3) is 4.05. The van der Waals surface area contributed by atoms with Gasteiger partial charge in [0.15, 0.2) is 0 Å². The largest absolute Gasteiger partial charge is 0.309 e. The van der Waals surface area contributed by atoms with Crippen molar-refractivity contribution in [2.24, 2.45) is 0 Å². The molecule has 0 spiro atoms. The summed E-state index contributed by atoms with van der Waals surface area (Å²) < 4.78 is 7.16. The number of aromatic nitrogens is 4. The van der Waals surface area contributed by atoms with Gasteiger partial charge in [-0.05, 0) is 78.4 Å². The molecule has 0 aliphatic rings. The molecule has 4 heteroatoms. The van der Waals surface area contributed by atoms with Crippen molar-refractivity contribution in [1.29, 1.82) is 0 Å². The first-order valence-electron chi connectivity index (χ1n) is 17.4. The van der Waals surface area contributed by atoms with E-state index in [0.29, 0.717) is 0 Å². The van der Waals surface area contributed by atoms with Crippen molar-refractivity contribution in [2.75, 3.05) is 0 Å². The zero-order valence-corrected chi connectivity index (χ0v) is 27.6. The fourth-order valence-corrected chi connectivity index (χ4v) is 8.36. The Kier molecular flexibility index (Phi) is 5.92. The van der Waals surface area contributed by atoms with Crippen molar-refractivity contribution >= 4 is 65.4 Å². The third-order valence-corrected chi connectivity index (χ3v) is 10.5. The maximum Gasteiger partial charge on any atom is 0.0724 e. The predicted octanol–water partition coefficient (Wildman–Crippen LogP) is 12.0. The molecule has 0 bridgehead atoms. The highest BCUT2D eigenvalue weighted by molar-refractivity contribution is 6.13. The van der Waals surface area contributed by atoms with Crippen LogP contribution >= 0.6 is 0 Å². The number of fused-ring (bicyclic) bond motifs is 9. The second-order valence-electron chi connectivity index (χ2n) is 13.2. The lowest BCUT2D eigenvalue weighted by molar-refractivity contribution is 1.16. The van der Waals surface area contributed by atoms with E-state index in [1.165, 1.54) is 71.0 Å². The second kappa shape index (κ2) is 10.8. The van der Waals surface area contributed by atoms with E-state index >= 15 is 0 Å². The standard InChI is InChI=1S/C47H30N4/c1-2-12-32(13-3-1)49-45-24-22-31(28-39(45)38-26-27-48-30-47(38)49)34-14-4-8-18-41(34)51-44-21-11-7-17-37(44)40-29-33(23-25-46(40)51)50-42-19-9-5-15-35(42)36-16-6-10-20-43(36)50/h1-30H. The Morgan fingerprint density at radius 2 is 0.863 bits per heavy atom. The molecule has 0 aliphatic carbocycles. The summed E-state index contributed by atoms with van der Waals surface area (Å²) in [5.74, 6) is 0. The van der Waals surface area contributed by atoms with Crippen LogP contribution in [0, 0.1) is 0 Å². The van der Waals surface area contributed by atoms with Crippen LogP contribution in [-0.2, 0) is 0 Å². The van der Waals surface area contributed by atoms with Crippen LogP contribution in [0.2, 0.25) is 0 Å². The summed E-state index contributed by atoms with van der Waals surface area (Å²) in [6, 6.07) is 61.5. The van der Waals surface area contributed by atoms with Gasteiger partial charge >= 0.3 is 0 Å². The predicted molar refractivity (Wildman–Crippen MR) is 213 cm³/mol. The molecule has 0 fully saturated rings. The van der Waals surface area contributed by atoms with Crippen LogP contribution in [0.25, 0.3) is 93.6 Å². The van der Waals surface area contributed by atoms with E-state index in [1.54, 1.807) is 0 Å². The van der Waals surface area contributed by atoms with Gasteiger partial charge in [-0.25, -0.2) is 0 Å². The third-order valence-electron chi connectivity index (χ3n) is 10.5. The maximum absolute atomic E-state index is 4.51. The van der Waals surface area contributed by atoms with Crippen LogP contribution in [0.4, 0.5) is 0 Å². The van der Waals surface area contributed by atoms with Crippen LogP contribution in [0.15, 0.2) is 182 Å². The van der Waals surface area contributed by atoms with Crippen LogP contribution in [0.3, 0.4) is 0 Å². The first-order valence-corrected chi connectivity index (χ1v) is 17.4. The van der Waals surface area contributed by atoms with Gasteiger partial charge in [0.1, 0.15) is 0 Å². The Morgan fingerprint density at radius 1 is 0.333 bits per heavy atom. The summed E-state index contributed by atoms with van der Waals surface area (Å²) in [7, 11) is 0. The first-order chi connectivity index (χ1) is 25.3. The fraction of sp³-hybridized carbons (Fsp3) is 0. The highest BCUT2D eigenvalue weighted by atomic mass is 15.0. The highest BCUT2D eigenvalue weighted by Crippen LogP contribution is 2.40.